The van der Waals surface area contributed by atoms with Crippen molar-refractivity contribution in [2.45, 2.75) is 17.7 Å². The van der Waals surface area contributed by atoms with Crippen LogP contribution in [0.5, 0.6) is 0 Å². The molecule has 6 heteroatoms. The van der Waals surface area contributed by atoms with Gasteiger partial charge in [0.2, 0.25) is 11.8 Å². The molecule has 0 radical (unpaired) electrons. The molecule has 0 aliphatic carbocycles. The van der Waals surface area contributed by atoms with E-state index in [9.17, 15) is 9.00 Å². The van der Waals surface area contributed by atoms with E-state index < -0.39 is 16.0 Å². The van der Waals surface area contributed by atoms with Gasteiger partial charge in [-0.25, -0.2) is 4.98 Å². The van der Waals surface area contributed by atoms with Crippen molar-refractivity contribution in [1.82, 2.24) is 10.3 Å². The van der Waals surface area contributed by atoms with Crippen molar-refractivity contribution in [3.8, 4) is 11.3 Å². The lowest BCUT2D eigenvalue weighted by Crippen LogP contribution is -2.52. The Bertz CT molecular complexity index is 645. The fourth-order valence-electron chi connectivity index (χ4n) is 2.27. The lowest BCUT2D eigenvalue weighted by molar-refractivity contribution is -0.128. The number of nitrogens with zero attached hydrogens (tertiary/aromatic N) is 1. The molecular weight excluding hydrogens is 276 g/mol. The Morgan fingerprint density at radius 3 is 2.70 bits per heavy atom. The molecule has 1 N–H and O–H groups in total. The second-order valence-corrected chi connectivity index (χ2v) is 6.23. The molecule has 20 heavy (non-hydrogen) atoms. The van der Waals surface area contributed by atoms with Crippen molar-refractivity contribution in [1.29, 1.82) is 0 Å². The maximum absolute atomic E-state index is 11.9. The molecule has 2 aromatic rings. The van der Waals surface area contributed by atoms with Crippen molar-refractivity contribution < 1.29 is 13.4 Å². The molecule has 0 spiro atoms. The van der Waals surface area contributed by atoms with Crippen LogP contribution in [0.2, 0.25) is 0 Å². The Kier molecular flexibility index (Phi) is 3.40. The van der Waals surface area contributed by atoms with E-state index >= 15 is 0 Å². The van der Waals surface area contributed by atoms with Crippen molar-refractivity contribution in [3.05, 3.63) is 42.4 Å². The van der Waals surface area contributed by atoms with Gasteiger partial charge in [0.05, 0.1) is 12.2 Å². The Hall–Kier alpha value is -1.95. The molecule has 1 saturated heterocycles. The Morgan fingerprint density at radius 2 is 2.10 bits per heavy atom. The molecular formula is C14H14N2O3S. The van der Waals surface area contributed by atoms with Gasteiger partial charge in [0.25, 0.3) is 0 Å². The Balaban J connectivity index is 1.88. The van der Waals surface area contributed by atoms with E-state index in [0.29, 0.717) is 18.1 Å². The zero-order valence-electron chi connectivity index (χ0n) is 10.9. The number of carbonyl (C=O) groups excluding carboxylic acids is 1. The number of β-lactam (4-membered cyclic amide) rings is 1. The summed E-state index contributed by atoms with van der Waals surface area (Å²) in [4.78, 5) is 15.3. The number of rotatable bonds is 4. The quantitative estimate of drug-likeness (QED) is 0.869. The van der Waals surface area contributed by atoms with Crippen LogP contribution in [0, 0.1) is 0 Å². The first-order valence-corrected chi connectivity index (χ1v) is 7.90. The minimum atomic E-state index is -1.16. The van der Waals surface area contributed by atoms with Gasteiger partial charge in [-0.05, 0) is 0 Å². The van der Waals surface area contributed by atoms with Crippen LogP contribution in [-0.2, 0) is 15.6 Å². The lowest BCUT2D eigenvalue weighted by atomic mass is 10.0. The first-order valence-electron chi connectivity index (χ1n) is 6.28. The summed E-state index contributed by atoms with van der Waals surface area (Å²) in [6.45, 7) is 0. The third kappa shape index (κ3) is 2.38. The van der Waals surface area contributed by atoms with Crippen LogP contribution in [0.1, 0.15) is 17.6 Å². The van der Waals surface area contributed by atoms with Crippen LogP contribution in [0.4, 0.5) is 0 Å². The highest BCUT2D eigenvalue weighted by molar-refractivity contribution is 7.84. The summed E-state index contributed by atoms with van der Waals surface area (Å²) in [7, 11) is -1.16. The second kappa shape index (κ2) is 5.20. The maximum atomic E-state index is 11.9. The minimum Gasteiger partial charge on any atom is -0.439 e. The van der Waals surface area contributed by atoms with E-state index in [1.54, 1.807) is 12.5 Å². The third-order valence-electron chi connectivity index (χ3n) is 3.30. The predicted molar refractivity (Wildman–Crippen MR) is 75.3 cm³/mol. The standard InChI is InChI=1S/C14H14N2O3S/c1-20(18)13(10-7-12(17)16-10)14-15-8-11(19-14)9-5-3-2-4-6-9/h2-6,8,10,13H,7H2,1H3,(H,16,17). The zero-order valence-corrected chi connectivity index (χ0v) is 11.7. The van der Waals surface area contributed by atoms with Gasteiger partial charge in [-0.15, -0.1) is 0 Å². The molecule has 3 rings (SSSR count). The van der Waals surface area contributed by atoms with Gasteiger partial charge in [0.15, 0.2) is 5.76 Å². The van der Waals surface area contributed by atoms with Crippen LogP contribution in [0.15, 0.2) is 40.9 Å². The van der Waals surface area contributed by atoms with Crippen molar-refractivity contribution in [2.24, 2.45) is 0 Å². The minimum absolute atomic E-state index is 0.0275. The van der Waals surface area contributed by atoms with Crippen LogP contribution in [-0.4, -0.2) is 27.4 Å². The molecule has 3 unspecified atom stereocenters. The number of benzene rings is 1. The number of oxazole rings is 1. The fourth-order valence-corrected chi connectivity index (χ4v) is 3.29. The van der Waals surface area contributed by atoms with E-state index in [4.69, 9.17) is 4.42 Å². The number of carbonyl (C=O) groups is 1. The van der Waals surface area contributed by atoms with Gasteiger partial charge < -0.3 is 9.73 Å². The Labute approximate surface area is 118 Å². The maximum Gasteiger partial charge on any atom is 0.222 e. The van der Waals surface area contributed by atoms with E-state index in [1.165, 1.54) is 0 Å². The van der Waals surface area contributed by atoms with Gasteiger partial charge in [0, 0.05) is 29.0 Å². The van der Waals surface area contributed by atoms with E-state index in [1.807, 2.05) is 30.3 Å². The number of nitrogens with one attached hydrogen (secondary N) is 1. The summed E-state index contributed by atoms with van der Waals surface area (Å²) < 4.78 is 17.6. The van der Waals surface area contributed by atoms with Crippen LogP contribution < -0.4 is 5.32 Å². The Morgan fingerprint density at radius 1 is 1.40 bits per heavy atom. The van der Waals surface area contributed by atoms with Gasteiger partial charge in [0.1, 0.15) is 5.25 Å². The first-order chi connectivity index (χ1) is 9.65. The zero-order chi connectivity index (χ0) is 14.1. The normalized spacial score (nSPS) is 20.9. The highest BCUT2D eigenvalue weighted by atomic mass is 32.2. The first kappa shape index (κ1) is 13.1. The topological polar surface area (TPSA) is 72.2 Å². The lowest BCUT2D eigenvalue weighted by Gasteiger charge is -2.31. The molecule has 1 aromatic heterocycles. The van der Waals surface area contributed by atoms with Crippen LogP contribution >= 0.6 is 0 Å². The van der Waals surface area contributed by atoms with Crippen LogP contribution in [0.3, 0.4) is 0 Å². The van der Waals surface area contributed by atoms with E-state index in [0.717, 1.165) is 5.56 Å². The number of hydrogen-bond acceptors (Lipinski definition) is 4. The molecule has 1 aromatic carbocycles. The number of hydrogen-bond donors (Lipinski definition) is 1. The highest BCUT2D eigenvalue weighted by Crippen LogP contribution is 2.30. The third-order valence-corrected chi connectivity index (χ3v) is 4.55. The van der Waals surface area contributed by atoms with Gasteiger partial charge >= 0.3 is 0 Å². The molecule has 3 atom stereocenters. The van der Waals surface area contributed by atoms with Gasteiger partial charge in [-0.2, -0.15) is 0 Å². The summed E-state index contributed by atoms with van der Waals surface area (Å²) >= 11 is 0. The smallest absolute Gasteiger partial charge is 0.222 e. The SMILES string of the molecule is CS(=O)C(c1ncc(-c2ccccc2)o1)C1CC(=O)N1. The summed E-state index contributed by atoms with van der Waals surface area (Å²) in [5, 5.41) is 2.34. The molecule has 5 nitrogen and oxygen atoms in total. The molecule has 1 fully saturated rings. The summed E-state index contributed by atoms with van der Waals surface area (Å²) in [6, 6.07) is 9.45. The largest absolute Gasteiger partial charge is 0.439 e. The average Bonchev–Trinajstić information content (AvgIpc) is 2.87. The summed E-state index contributed by atoms with van der Waals surface area (Å²) in [5.41, 5.74) is 0.921. The van der Waals surface area contributed by atoms with Crippen molar-refractivity contribution in [2.75, 3.05) is 6.26 Å². The fraction of sp³-hybridized carbons (Fsp3) is 0.286. The van der Waals surface area contributed by atoms with E-state index in [-0.39, 0.29) is 11.9 Å². The second-order valence-electron chi connectivity index (χ2n) is 4.73. The molecule has 2 heterocycles. The molecule has 104 valence electrons. The predicted octanol–water partition coefficient (Wildman–Crippen LogP) is 1.65. The van der Waals surface area contributed by atoms with Gasteiger partial charge in [-0.1, -0.05) is 30.3 Å². The monoisotopic (exact) mass is 290 g/mol. The van der Waals surface area contributed by atoms with Gasteiger partial charge in [-0.3, -0.25) is 9.00 Å². The highest BCUT2D eigenvalue weighted by Gasteiger charge is 2.39. The van der Waals surface area contributed by atoms with Crippen molar-refractivity contribution >= 4 is 16.7 Å². The molecule has 1 aliphatic heterocycles. The molecule has 0 bridgehead atoms. The molecule has 1 aliphatic rings. The summed E-state index contributed by atoms with van der Waals surface area (Å²) in [6.07, 6.45) is 3.60. The number of amides is 1. The summed E-state index contributed by atoms with van der Waals surface area (Å²) in [5.74, 6) is 1.02. The molecule has 1 amide bonds. The van der Waals surface area contributed by atoms with Crippen LogP contribution in [0.25, 0.3) is 11.3 Å². The average molecular weight is 290 g/mol. The number of aromatic nitrogens is 1. The van der Waals surface area contributed by atoms with E-state index in [2.05, 4.69) is 10.3 Å². The molecule has 0 saturated carbocycles. The van der Waals surface area contributed by atoms with Crippen molar-refractivity contribution in [3.63, 3.8) is 0 Å².